The summed E-state index contributed by atoms with van der Waals surface area (Å²) in [6.07, 6.45) is 0. The molecule has 0 saturated heterocycles. The van der Waals surface area contributed by atoms with Gasteiger partial charge in [0.2, 0.25) is 5.91 Å². The van der Waals surface area contributed by atoms with Crippen LogP contribution >= 0.6 is 23.1 Å². The van der Waals surface area contributed by atoms with Gasteiger partial charge in [-0.15, -0.1) is 23.1 Å². The lowest BCUT2D eigenvalue weighted by Crippen LogP contribution is -2.19. The summed E-state index contributed by atoms with van der Waals surface area (Å²) in [6.45, 7) is 2.05. The summed E-state index contributed by atoms with van der Waals surface area (Å²) in [5.74, 6) is -0.319. The second-order valence-corrected chi connectivity index (χ2v) is 11.9. The standard InChI is InChI=1S/C35H27N3O2S2/c1-23-11-13-25(14-12-23)31-22-41-35(37-31)38-34(40)32(26-8-3-2-4-9-26)42-30-19-17-29(18-20-30)36-33(39)28-16-15-24-7-5-6-10-27(24)21-28/h2-22,32H,1H3,(H,36,39)(H,37,38,40). The largest absolute Gasteiger partial charge is 0.322 e. The van der Waals surface area contributed by atoms with Crippen molar-refractivity contribution in [3.63, 3.8) is 0 Å². The minimum absolute atomic E-state index is 0.148. The average molecular weight is 586 g/mol. The van der Waals surface area contributed by atoms with Gasteiger partial charge in [0.05, 0.1) is 5.69 Å². The number of thioether (sulfide) groups is 1. The van der Waals surface area contributed by atoms with Crippen LogP contribution in [-0.4, -0.2) is 16.8 Å². The number of benzene rings is 5. The molecule has 2 N–H and O–H groups in total. The van der Waals surface area contributed by atoms with Gasteiger partial charge in [0, 0.05) is 27.1 Å². The Balaban J connectivity index is 1.15. The molecule has 7 heteroatoms. The number of fused-ring (bicyclic) bond motifs is 1. The minimum Gasteiger partial charge on any atom is -0.322 e. The van der Waals surface area contributed by atoms with Gasteiger partial charge in [-0.25, -0.2) is 4.98 Å². The topological polar surface area (TPSA) is 71.1 Å². The number of rotatable bonds is 8. The van der Waals surface area contributed by atoms with Crippen LogP contribution in [0.2, 0.25) is 0 Å². The van der Waals surface area contributed by atoms with Crippen LogP contribution in [-0.2, 0) is 4.79 Å². The number of amides is 2. The highest BCUT2D eigenvalue weighted by Crippen LogP contribution is 2.37. The fourth-order valence-corrected chi connectivity index (χ4v) is 6.29. The van der Waals surface area contributed by atoms with E-state index in [9.17, 15) is 9.59 Å². The minimum atomic E-state index is -0.490. The zero-order chi connectivity index (χ0) is 28.9. The maximum atomic E-state index is 13.5. The Bertz CT molecular complexity index is 1850. The number of anilines is 2. The monoisotopic (exact) mass is 585 g/mol. The third-order valence-corrected chi connectivity index (χ3v) is 8.82. The Morgan fingerprint density at radius 3 is 2.24 bits per heavy atom. The van der Waals surface area contributed by atoms with E-state index in [1.165, 1.54) is 28.7 Å². The zero-order valence-electron chi connectivity index (χ0n) is 22.8. The SMILES string of the molecule is Cc1ccc(-c2csc(NC(=O)C(Sc3ccc(NC(=O)c4ccc5ccccc5c4)cc3)c3ccccc3)n2)cc1. The Kier molecular flexibility index (Phi) is 8.12. The molecular weight excluding hydrogens is 559 g/mol. The molecule has 206 valence electrons. The molecule has 1 unspecified atom stereocenters. The normalized spacial score (nSPS) is 11.6. The fraction of sp³-hybridized carbons (Fsp3) is 0.0571. The number of nitrogens with one attached hydrogen (secondary N) is 2. The molecule has 0 bridgehead atoms. The van der Waals surface area contributed by atoms with Crippen LogP contribution in [0.15, 0.2) is 132 Å². The van der Waals surface area contributed by atoms with Gasteiger partial charge in [0.25, 0.3) is 5.91 Å². The first-order valence-corrected chi connectivity index (χ1v) is 15.2. The van der Waals surface area contributed by atoms with Crippen molar-refractivity contribution in [2.45, 2.75) is 17.1 Å². The van der Waals surface area contributed by atoms with Crippen LogP contribution in [0.4, 0.5) is 10.8 Å². The lowest BCUT2D eigenvalue weighted by atomic mass is 10.1. The maximum absolute atomic E-state index is 13.5. The second-order valence-electron chi connectivity index (χ2n) is 9.84. The zero-order valence-corrected chi connectivity index (χ0v) is 24.4. The van der Waals surface area contributed by atoms with Gasteiger partial charge in [-0.05, 0) is 59.7 Å². The van der Waals surface area contributed by atoms with Crippen LogP contribution in [0.3, 0.4) is 0 Å². The van der Waals surface area contributed by atoms with Crippen LogP contribution in [0.1, 0.15) is 26.7 Å². The first-order valence-electron chi connectivity index (χ1n) is 13.5. The van der Waals surface area contributed by atoms with E-state index < -0.39 is 5.25 Å². The summed E-state index contributed by atoms with van der Waals surface area (Å²) < 4.78 is 0. The third kappa shape index (κ3) is 6.43. The number of carbonyl (C=O) groups is 2. The van der Waals surface area contributed by atoms with E-state index in [4.69, 9.17) is 0 Å². The van der Waals surface area contributed by atoms with Crippen molar-refractivity contribution in [1.29, 1.82) is 0 Å². The molecule has 0 aliphatic carbocycles. The molecule has 2 amide bonds. The lowest BCUT2D eigenvalue weighted by molar-refractivity contribution is -0.115. The van der Waals surface area contributed by atoms with Crippen molar-refractivity contribution < 1.29 is 9.59 Å². The van der Waals surface area contributed by atoms with Crippen molar-refractivity contribution in [1.82, 2.24) is 4.98 Å². The average Bonchev–Trinajstić information content (AvgIpc) is 3.49. The molecule has 0 fully saturated rings. The third-order valence-electron chi connectivity index (χ3n) is 6.80. The number of hydrogen-bond donors (Lipinski definition) is 2. The molecule has 6 aromatic rings. The molecule has 5 aromatic carbocycles. The van der Waals surface area contributed by atoms with E-state index >= 15 is 0 Å². The number of aromatic nitrogens is 1. The van der Waals surface area contributed by atoms with E-state index in [0.29, 0.717) is 16.4 Å². The Morgan fingerprint density at radius 2 is 1.48 bits per heavy atom. The summed E-state index contributed by atoms with van der Waals surface area (Å²) in [4.78, 5) is 32.0. The number of aryl methyl sites for hydroxylation is 1. The summed E-state index contributed by atoms with van der Waals surface area (Å²) >= 11 is 2.86. The lowest BCUT2D eigenvalue weighted by Gasteiger charge is -2.16. The van der Waals surface area contributed by atoms with Gasteiger partial charge in [-0.2, -0.15) is 0 Å². The van der Waals surface area contributed by atoms with Gasteiger partial charge in [-0.1, -0.05) is 90.5 Å². The molecule has 0 spiro atoms. The molecule has 1 aromatic heterocycles. The number of carbonyl (C=O) groups excluding carboxylic acids is 2. The Hall–Kier alpha value is -4.72. The molecule has 0 saturated carbocycles. The number of nitrogens with zero attached hydrogens (tertiary/aromatic N) is 1. The maximum Gasteiger partial charge on any atom is 0.255 e. The predicted molar refractivity (Wildman–Crippen MR) is 174 cm³/mol. The van der Waals surface area contributed by atoms with Crippen molar-refractivity contribution in [3.8, 4) is 11.3 Å². The highest BCUT2D eigenvalue weighted by molar-refractivity contribution is 8.00. The number of thiazole rings is 1. The van der Waals surface area contributed by atoms with E-state index in [-0.39, 0.29) is 11.8 Å². The smallest absolute Gasteiger partial charge is 0.255 e. The van der Waals surface area contributed by atoms with Crippen LogP contribution in [0, 0.1) is 6.92 Å². The van der Waals surface area contributed by atoms with Crippen molar-refractivity contribution in [2.24, 2.45) is 0 Å². The van der Waals surface area contributed by atoms with E-state index in [1.807, 2.05) is 121 Å². The molecule has 42 heavy (non-hydrogen) atoms. The molecular formula is C35H27N3O2S2. The van der Waals surface area contributed by atoms with E-state index in [2.05, 4.69) is 27.8 Å². The van der Waals surface area contributed by atoms with Crippen LogP contribution in [0.5, 0.6) is 0 Å². The van der Waals surface area contributed by atoms with Crippen LogP contribution in [0.25, 0.3) is 22.0 Å². The van der Waals surface area contributed by atoms with Crippen molar-refractivity contribution in [2.75, 3.05) is 10.6 Å². The molecule has 5 nitrogen and oxygen atoms in total. The molecule has 0 aliphatic rings. The summed E-state index contributed by atoms with van der Waals surface area (Å²) in [7, 11) is 0. The van der Waals surface area contributed by atoms with E-state index in [0.717, 1.165) is 32.5 Å². The first kappa shape index (κ1) is 27.4. The fourth-order valence-electron chi connectivity index (χ4n) is 4.55. The number of hydrogen-bond acceptors (Lipinski definition) is 5. The Morgan fingerprint density at radius 1 is 0.762 bits per heavy atom. The summed E-state index contributed by atoms with van der Waals surface area (Å²) in [6, 6.07) is 39.1. The van der Waals surface area contributed by atoms with Gasteiger partial charge in [-0.3, -0.25) is 9.59 Å². The highest BCUT2D eigenvalue weighted by Gasteiger charge is 2.23. The predicted octanol–water partition coefficient (Wildman–Crippen LogP) is 9.00. The summed E-state index contributed by atoms with van der Waals surface area (Å²) in [5.41, 5.74) is 5.21. The van der Waals surface area contributed by atoms with E-state index in [1.54, 1.807) is 0 Å². The Labute approximate surface area is 252 Å². The molecule has 1 atom stereocenters. The quantitative estimate of drug-likeness (QED) is 0.175. The van der Waals surface area contributed by atoms with Gasteiger partial charge in [0.1, 0.15) is 5.25 Å². The van der Waals surface area contributed by atoms with Crippen LogP contribution < -0.4 is 10.6 Å². The second kappa shape index (κ2) is 12.4. The van der Waals surface area contributed by atoms with Crippen molar-refractivity contribution in [3.05, 3.63) is 143 Å². The molecule has 0 radical (unpaired) electrons. The van der Waals surface area contributed by atoms with Gasteiger partial charge < -0.3 is 10.6 Å². The molecule has 0 aliphatic heterocycles. The first-order chi connectivity index (χ1) is 20.5. The summed E-state index contributed by atoms with van der Waals surface area (Å²) in [5, 5.41) is 10.1. The van der Waals surface area contributed by atoms with Crippen molar-refractivity contribution >= 4 is 56.5 Å². The van der Waals surface area contributed by atoms with Gasteiger partial charge in [0.15, 0.2) is 5.13 Å². The van der Waals surface area contributed by atoms with Gasteiger partial charge >= 0.3 is 0 Å². The molecule has 6 rings (SSSR count). The molecule has 1 heterocycles. The highest BCUT2D eigenvalue weighted by atomic mass is 32.2.